The van der Waals surface area contributed by atoms with E-state index in [1.54, 1.807) is 25.1 Å². The van der Waals surface area contributed by atoms with Gasteiger partial charge in [0.2, 0.25) is 5.82 Å². The summed E-state index contributed by atoms with van der Waals surface area (Å²) in [6.07, 6.45) is 9.26. The van der Waals surface area contributed by atoms with Gasteiger partial charge in [-0.15, -0.1) is 0 Å². The predicted octanol–water partition coefficient (Wildman–Crippen LogP) is 8.75. The Hall–Kier alpha value is -2.30. The van der Waals surface area contributed by atoms with Crippen molar-refractivity contribution in [3.05, 3.63) is 70.3 Å². The van der Waals surface area contributed by atoms with Gasteiger partial charge in [0.15, 0.2) is 23.2 Å². The maximum atomic E-state index is 14.8. The first-order valence-electron chi connectivity index (χ1n) is 12.7. The maximum Gasteiger partial charge on any atom is 0.200 e. The quantitative estimate of drug-likeness (QED) is 0.365. The van der Waals surface area contributed by atoms with Crippen molar-refractivity contribution in [1.82, 2.24) is 0 Å². The Kier molecular flexibility index (Phi) is 8.00. The van der Waals surface area contributed by atoms with Gasteiger partial charge >= 0.3 is 0 Å². The molecule has 0 amide bonds. The van der Waals surface area contributed by atoms with E-state index in [0.29, 0.717) is 34.9 Å². The lowest BCUT2D eigenvalue weighted by molar-refractivity contribution is 0.296. The van der Waals surface area contributed by atoms with E-state index in [1.807, 2.05) is 6.08 Å². The van der Waals surface area contributed by atoms with E-state index in [9.17, 15) is 17.6 Å². The van der Waals surface area contributed by atoms with Gasteiger partial charge in [-0.1, -0.05) is 31.2 Å². The van der Waals surface area contributed by atoms with Crippen molar-refractivity contribution in [1.29, 1.82) is 0 Å². The normalized spacial score (nSPS) is 23.0. The molecular formula is C29H34F4O. The van der Waals surface area contributed by atoms with E-state index in [2.05, 4.69) is 6.92 Å². The van der Waals surface area contributed by atoms with Crippen LogP contribution in [0.2, 0.25) is 0 Å². The molecule has 2 aromatic rings. The summed E-state index contributed by atoms with van der Waals surface area (Å²) in [5, 5.41) is 0. The summed E-state index contributed by atoms with van der Waals surface area (Å²) < 4.78 is 63.6. The fourth-order valence-corrected chi connectivity index (χ4v) is 5.49. The SMILES string of the molecule is CCOc1ccc(C2CCC(CCc3ccc(C4=CCC(C)CC4)c(F)c3F)CC2)c(F)c1F. The van der Waals surface area contributed by atoms with Gasteiger partial charge in [0.25, 0.3) is 0 Å². The van der Waals surface area contributed by atoms with Gasteiger partial charge in [-0.25, -0.2) is 13.2 Å². The minimum Gasteiger partial charge on any atom is -0.491 e. The summed E-state index contributed by atoms with van der Waals surface area (Å²) in [4.78, 5) is 0. The molecule has 2 aromatic carbocycles. The van der Waals surface area contributed by atoms with Crippen molar-refractivity contribution < 1.29 is 22.3 Å². The standard InChI is InChI=1S/C29H34F4O/c1-3-34-25-17-16-24(28(32)29(25)33)21-11-6-19(7-12-21)8-13-22-14-15-23(27(31)26(22)30)20-9-4-18(2)5-10-20/h9,14-19,21H,3-8,10-13H2,1-2H3. The van der Waals surface area contributed by atoms with Gasteiger partial charge in [0, 0.05) is 5.56 Å². The third kappa shape index (κ3) is 5.34. The second-order valence-corrected chi connectivity index (χ2v) is 9.98. The molecule has 0 radical (unpaired) electrons. The zero-order valence-corrected chi connectivity index (χ0v) is 20.1. The molecule has 0 bridgehead atoms. The number of hydrogen-bond donors (Lipinski definition) is 0. The molecule has 1 nitrogen and oxygen atoms in total. The summed E-state index contributed by atoms with van der Waals surface area (Å²) in [5.41, 5.74) is 2.15. The second kappa shape index (κ2) is 11.0. The average molecular weight is 475 g/mol. The van der Waals surface area contributed by atoms with Gasteiger partial charge < -0.3 is 4.74 Å². The van der Waals surface area contributed by atoms with Crippen LogP contribution >= 0.6 is 0 Å². The van der Waals surface area contributed by atoms with Gasteiger partial charge in [-0.3, -0.25) is 0 Å². The second-order valence-electron chi connectivity index (χ2n) is 9.98. The fraction of sp³-hybridized carbons (Fsp3) is 0.517. The summed E-state index contributed by atoms with van der Waals surface area (Å²) in [6, 6.07) is 6.61. The zero-order valence-electron chi connectivity index (χ0n) is 20.1. The number of benzene rings is 2. The Morgan fingerprint density at radius 3 is 2.29 bits per heavy atom. The largest absolute Gasteiger partial charge is 0.491 e. The highest BCUT2D eigenvalue weighted by molar-refractivity contribution is 5.67. The monoisotopic (exact) mass is 474 g/mol. The van der Waals surface area contributed by atoms with Crippen molar-refractivity contribution in [2.75, 3.05) is 6.61 Å². The van der Waals surface area contributed by atoms with Crippen molar-refractivity contribution in [3.8, 4) is 5.75 Å². The lowest BCUT2D eigenvalue weighted by Crippen LogP contribution is -2.16. The van der Waals surface area contributed by atoms with E-state index in [-0.39, 0.29) is 18.3 Å². The molecule has 0 saturated heterocycles. The van der Waals surface area contributed by atoms with Gasteiger partial charge in [0.05, 0.1) is 6.61 Å². The summed E-state index contributed by atoms with van der Waals surface area (Å²) in [5.74, 6) is -2.29. The first-order valence-corrected chi connectivity index (χ1v) is 12.7. The van der Waals surface area contributed by atoms with Crippen molar-refractivity contribution in [2.24, 2.45) is 11.8 Å². The van der Waals surface area contributed by atoms with E-state index < -0.39 is 23.3 Å². The Labute approximate surface area is 200 Å². The van der Waals surface area contributed by atoms with Crippen molar-refractivity contribution in [2.45, 2.75) is 77.6 Å². The molecule has 5 heteroatoms. The highest BCUT2D eigenvalue weighted by Crippen LogP contribution is 2.40. The molecule has 1 saturated carbocycles. The molecule has 0 heterocycles. The number of hydrogen-bond acceptors (Lipinski definition) is 1. The van der Waals surface area contributed by atoms with Gasteiger partial charge in [-0.05, 0) is 105 Å². The first kappa shape index (κ1) is 24.8. The lowest BCUT2D eigenvalue weighted by atomic mass is 9.76. The minimum atomic E-state index is -0.916. The van der Waals surface area contributed by atoms with E-state index in [4.69, 9.17) is 4.74 Å². The minimum absolute atomic E-state index is 0.0265. The van der Waals surface area contributed by atoms with Crippen molar-refractivity contribution in [3.63, 3.8) is 0 Å². The van der Waals surface area contributed by atoms with Crippen LogP contribution in [-0.4, -0.2) is 6.61 Å². The van der Waals surface area contributed by atoms with Gasteiger partial charge in [0.1, 0.15) is 0 Å². The Bertz CT molecular complexity index is 1040. The number of aryl methyl sites for hydroxylation is 1. The molecule has 1 unspecified atom stereocenters. The third-order valence-electron chi connectivity index (χ3n) is 7.67. The molecule has 0 N–H and O–H groups in total. The zero-order chi connectivity index (χ0) is 24.2. The Balaban J connectivity index is 1.34. The van der Waals surface area contributed by atoms with Crippen LogP contribution in [0.4, 0.5) is 17.6 Å². The highest BCUT2D eigenvalue weighted by atomic mass is 19.2. The Morgan fingerprint density at radius 1 is 0.853 bits per heavy atom. The number of ether oxygens (including phenoxy) is 1. The van der Waals surface area contributed by atoms with Crippen LogP contribution < -0.4 is 4.74 Å². The predicted molar refractivity (Wildman–Crippen MR) is 128 cm³/mol. The first-order chi connectivity index (χ1) is 16.4. The number of halogens is 4. The molecule has 1 atom stereocenters. The smallest absolute Gasteiger partial charge is 0.200 e. The lowest BCUT2D eigenvalue weighted by Gasteiger charge is -2.29. The van der Waals surface area contributed by atoms with Crippen LogP contribution in [0.1, 0.15) is 87.8 Å². The van der Waals surface area contributed by atoms with Crippen LogP contribution in [0.3, 0.4) is 0 Å². The van der Waals surface area contributed by atoms with E-state index in [1.165, 1.54) is 6.07 Å². The highest BCUT2D eigenvalue weighted by Gasteiger charge is 2.27. The molecular weight excluding hydrogens is 440 g/mol. The molecule has 2 aliphatic rings. The number of rotatable bonds is 7. The molecule has 1 fully saturated rings. The summed E-state index contributed by atoms with van der Waals surface area (Å²) in [6.45, 7) is 4.19. The molecule has 34 heavy (non-hydrogen) atoms. The van der Waals surface area contributed by atoms with Crippen LogP contribution in [0.5, 0.6) is 5.75 Å². The molecule has 4 rings (SSSR count). The van der Waals surface area contributed by atoms with Gasteiger partial charge in [-0.2, -0.15) is 4.39 Å². The molecule has 184 valence electrons. The summed E-state index contributed by atoms with van der Waals surface area (Å²) in [7, 11) is 0. The summed E-state index contributed by atoms with van der Waals surface area (Å²) >= 11 is 0. The maximum absolute atomic E-state index is 14.8. The van der Waals surface area contributed by atoms with Crippen molar-refractivity contribution >= 4 is 5.57 Å². The van der Waals surface area contributed by atoms with E-state index in [0.717, 1.165) is 56.9 Å². The molecule has 0 spiro atoms. The van der Waals surface area contributed by atoms with Crippen LogP contribution in [0.15, 0.2) is 30.3 Å². The van der Waals surface area contributed by atoms with Crippen LogP contribution in [0, 0.1) is 35.1 Å². The third-order valence-corrected chi connectivity index (χ3v) is 7.67. The van der Waals surface area contributed by atoms with E-state index >= 15 is 0 Å². The van der Waals surface area contributed by atoms with Crippen LogP contribution in [0.25, 0.3) is 5.57 Å². The molecule has 0 aliphatic heterocycles. The topological polar surface area (TPSA) is 9.23 Å². The van der Waals surface area contributed by atoms with Crippen LogP contribution in [-0.2, 0) is 6.42 Å². The molecule has 2 aliphatic carbocycles. The Morgan fingerprint density at radius 2 is 1.62 bits per heavy atom. The fourth-order valence-electron chi connectivity index (χ4n) is 5.49. The average Bonchev–Trinajstić information content (AvgIpc) is 2.84. The number of allylic oxidation sites excluding steroid dienone is 2. The molecule has 0 aromatic heterocycles.